The monoisotopic (exact) mass is 343 g/mol. The van der Waals surface area contributed by atoms with Crippen LogP contribution in [0.3, 0.4) is 0 Å². The predicted molar refractivity (Wildman–Crippen MR) is 77.2 cm³/mol. The summed E-state index contributed by atoms with van der Waals surface area (Å²) in [5.41, 5.74) is -2.88. The summed E-state index contributed by atoms with van der Waals surface area (Å²) >= 11 is 0. The lowest BCUT2D eigenvalue weighted by Crippen LogP contribution is -2.65. The number of amides is 1. The third-order valence-corrected chi connectivity index (χ3v) is 3.85. The van der Waals surface area contributed by atoms with Crippen molar-refractivity contribution in [2.24, 2.45) is 0 Å². The Labute approximate surface area is 135 Å². The van der Waals surface area contributed by atoms with Crippen LogP contribution in [0.25, 0.3) is 11.2 Å². The molecule has 1 atom stereocenters. The molecule has 7 nitrogen and oxygen atoms in total. The Morgan fingerprint density at radius 3 is 2.62 bits per heavy atom. The zero-order chi connectivity index (χ0) is 17.8. The summed E-state index contributed by atoms with van der Waals surface area (Å²) in [7, 11) is 0. The Kier molecular flexibility index (Phi) is 3.55. The second-order valence-corrected chi connectivity index (χ2v) is 6.61. The van der Waals surface area contributed by atoms with E-state index in [1.807, 2.05) is 0 Å². The molecule has 3 heterocycles. The molecule has 0 bridgehead atoms. The van der Waals surface area contributed by atoms with Gasteiger partial charge in [-0.05, 0) is 32.9 Å². The Morgan fingerprint density at radius 2 is 1.96 bits per heavy atom. The average molecular weight is 343 g/mol. The molecule has 24 heavy (non-hydrogen) atoms. The zero-order valence-corrected chi connectivity index (χ0v) is 13.3. The molecule has 0 aromatic carbocycles. The van der Waals surface area contributed by atoms with Gasteiger partial charge in [0.05, 0.1) is 12.1 Å². The van der Waals surface area contributed by atoms with E-state index in [2.05, 4.69) is 20.4 Å². The Balaban J connectivity index is 1.93. The summed E-state index contributed by atoms with van der Waals surface area (Å²) in [5, 5.41) is 9.97. The van der Waals surface area contributed by atoms with Gasteiger partial charge in [-0.25, -0.2) is 4.98 Å². The van der Waals surface area contributed by atoms with E-state index in [0.717, 1.165) is 11.8 Å². The second-order valence-electron chi connectivity index (χ2n) is 6.61. The lowest BCUT2D eigenvalue weighted by atomic mass is 9.96. The molecule has 10 heteroatoms. The summed E-state index contributed by atoms with van der Waals surface area (Å²) in [4.78, 5) is 17.8. The second kappa shape index (κ2) is 5.13. The van der Waals surface area contributed by atoms with E-state index in [4.69, 9.17) is 4.74 Å². The summed E-state index contributed by atoms with van der Waals surface area (Å²) in [5.74, 6) is -0.605. The normalized spacial score (nSPS) is 24.3. The van der Waals surface area contributed by atoms with E-state index < -0.39 is 29.8 Å². The topological polar surface area (TPSA) is 84.0 Å². The number of alkyl halides is 3. The third-order valence-electron chi connectivity index (χ3n) is 3.85. The SMILES string of the molecule is CC1(C)CN(C(=O)c2ccc3n[nH]nc3n2)CC(C)(C(F)(F)F)O1. The quantitative estimate of drug-likeness (QED) is 0.855. The van der Waals surface area contributed by atoms with Crippen LogP contribution in [0.5, 0.6) is 0 Å². The fourth-order valence-corrected chi connectivity index (χ4v) is 2.86. The number of rotatable bonds is 1. The van der Waals surface area contributed by atoms with Crippen molar-refractivity contribution in [2.45, 2.75) is 38.1 Å². The molecule has 2 aromatic rings. The molecular formula is C14H16F3N5O2. The maximum Gasteiger partial charge on any atom is 0.418 e. The van der Waals surface area contributed by atoms with Gasteiger partial charge in [0.25, 0.3) is 5.91 Å². The van der Waals surface area contributed by atoms with Crippen molar-refractivity contribution in [2.75, 3.05) is 13.1 Å². The van der Waals surface area contributed by atoms with Crippen molar-refractivity contribution >= 4 is 17.1 Å². The van der Waals surface area contributed by atoms with Crippen LogP contribution in [0, 0.1) is 0 Å². The van der Waals surface area contributed by atoms with Crippen LogP contribution in [0.4, 0.5) is 13.2 Å². The molecule has 2 aromatic heterocycles. The molecule has 1 N–H and O–H groups in total. The van der Waals surface area contributed by atoms with Gasteiger partial charge < -0.3 is 9.64 Å². The van der Waals surface area contributed by atoms with E-state index in [-0.39, 0.29) is 17.9 Å². The van der Waals surface area contributed by atoms with Gasteiger partial charge in [0.15, 0.2) is 5.60 Å². The molecule has 1 aliphatic heterocycles. The van der Waals surface area contributed by atoms with Gasteiger partial charge in [-0.15, -0.1) is 5.10 Å². The largest absolute Gasteiger partial charge is 0.418 e. The number of aromatic nitrogens is 4. The van der Waals surface area contributed by atoms with Gasteiger partial charge >= 0.3 is 6.18 Å². The molecular weight excluding hydrogens is 327 g/mol. The first-order chi connectivity index (χ1) is 11.0. The molecule has 1 fully saturated rings. The molecule has 1 saturated heterocycles. The standard InChI is InChI=1S/C14H16F3N5O2/c1-12(2)6-22(7-13(3,24-12)14(15,16)17)11(23)9-5-4-8-10(18-9)20-21-19-8/h4-5H,6-7H2,1-3H3,(H,18,19,20,21). The third kappa shape index (κ3) is 2.81. The smallest absolute Gasteiger partial charge is 0.356 e. The summed E-state index contributed by atoms with van der Waals surface area (Å²) in [6.45, 7) is 3.41. The highest BCUT2D eigenvalue weighted by Gasteiger charge is 2.58. The Hall–Kier alpha value is -2.23. The van der Waals surface area contributed by atoms with Crippen molar-refractivity contribution in [3.8, 4) is 0 Å². The van der Waals surface area contributed by atoms with Crippen LogP contribution in [0.2, 0.25) is 0 Å². The van der Waals surface area contributed by atoms with Crippen molar-refractivity contribution in [1.29, 1.82) is 0 Å². The maximum atomic E-state index is 13.4. The summed E-state index contributed by atoms with van der Waals surface area (Å²) in [6.07, 6.45) is -4.60. The summed E-state index contributed by atoms with van der Waals surface area (Å²) < 4.78 is 45.4. The van der Waals surface area contributed by atoms with E-state index in [1.165, 1.54) is 26.0 Å². The van der Waals surface area contributed by atoms with Gasteiger partial charge in [0, 0.05) is 6.54 Å². The number of hydrogen-bond donors (Lipinski definition) is 1. The first-order valence-electron chi connectivity index (χ1n) is 7.24. The highest BCUT2D eigenvalue weighted by molar-refractivity contribution is 5.94. The first-order valence-corrected chi connectivity index (χ1v) is 7.24. The lowest BCUT2D eigenvalue weighted by molar-refractivity contribution is -0.318. The molecule has 3 rings (SSSR count). The number of pyridine rings is 1. The number of halogens is 3. The van der Waals surface area contributed by atoms with E-state index in [0.29, 0.717) is 5.52 Å². The molecule has 0 radical (unpaired) electrons. The van der Waals surface area contributed by atoms with Crippen molar-refractivity contribution < 1.29 is 22.7 Å². The molecule has 1 amide bonds. The number of fused-ring (bicyclic) bond motifs is 1. The van der Waals surface area contributed by atoms with Gasteiger partial charge in [-0.3, -0.25) is 4.79 Å². The van der Waals surface area contributed by atoms with Crippen molar-refractivity contribution in [3.05, 3.63) is 17.8 Å². The number of aromatic amines is 1. The molecule has 0 saturated carbocycles. The highest BCUT2D eigenvalue weighted by Crippen LogP contribution is 2.40. The number of hydrogen-bond acceptors (Lipinski definition) is 5. The minimum Gasteiger partial charge on any atom is -0.356 e. The van der Waals surface area contributed by atoms with Gasteiger partial charge in [0.1, 0.15) is 11.2 Å². The minimum absolute atomic E-state index is 0.0126. The lowest BCUT2D eigenvalue weighted by Gasteiger charge is -2.48. The predicted octanol–water partition coefficient (Wildman–Crippen LogP) is 1.92. The minimum atomic E-state index is -4.60. The molecule has 1 aliphatic rings. The number of carbonyl (C=O) groups excluding carboxylic acids is 1. The van der Waals surface area contributed by atoms with Crippen molar-refractivity contribution in [3.63, 3.8) is 0 Å². The first kappa shape index (κ1) is 16.6. The summed E-state index contributed by atoms with van der Waals surface area (Å²) in [6, 6.07) is 2.95. The number of H-pyrrole nitrogens is 1. The van der Waals surface area contributed by atoms with Gasteiger partial charge in [-0.1, -0.05) is 0 Å². The number of carbonyl (C=O) groups is 1. The maximum absolute atomic E-state index is 13.4. The van der Waals surface area contributed by atoms with Crippen LogP contribution in [0.1, 0.15) is 31.3 Å². The number of morpholine rings is 1. The number of ether oxygens (including phenoxy) is 1. The van der Waals surface area contributed by atoms with Crippen LogP contribution in [-0.2, 0) is 4.74 Å². The van der Waals surface area contributed by atoms with Crippen LogP contribution < -0.4 is 0 Å². The van der Waals surface area contributed by atoms with Crippen LogP contribution >= 0.6 is 0 Å². The fourth-order valence-electron chi connectivity index (χ4n) is 2.86. The van der Waals surface area contributed by atoms with E-state index >= 15 is 0 Å². The van der Waals surface area contributed by atoms with Crippen LogP contribution in [-0.4, -0.2) is 61.7 Å². The average Bonchev–Trinajstić information content (AvgIpc) is 2.90. The van der Waals surface area contributed by atoms with Crippen LogP contribution in [0.15, 0.2) is 12.1 Å². The Bertz CT molecular complexity index is 788. The molecule has 1 unspecified atom stereocenters. The number of nitrogens with one attached hydrogen (secondary N) is 1. The van der Waals surface area contributed by atoms with Crippen molar-refractivity contribution in [1.82, 2.24) is 25.3 Å². The zero-order valence-electron chi connectivity index (χ0n) is 13.3. The molecule has 0 spiro atoms. The van der Waals surface area contributed by atoms with Gasteiger partial charge in [0.2, 0.25) is 5.65 Å². The van der Waals surface area contributed by atoms with E-state index in [1.54, 1.807) is 0 Å². The fraction of sp³-hybridized carbons (Fsp3) is 0.571. The molecule has 130 valence electrons. The molecule has 0 aliphatic carbocycles. The number of nitrogens with zero attached hydrogens (tertiary/aromatic N) is 4. The Morgan fingerprint density at radius 1 is 1.25 bits per heavy atom. The highest BCUT2D eigenvalue weighted by atomic mass is 19.4. The van der Waals surface area contributed by atoms with Gasteiger partial charge in [-0.2, -0.15) is 23.5 Å². The van der Waals surface area contributed by atoms with E-state index in [9.17, 15) is 18.0 Å².